The van der Waals surface area contributed by atoms with Crippen molar-refractivity contribution < 1.29 is 18.0 Å². The number of benzene rings is 1. The second kappa shape index (κ2) is 6.70. The number of carbonyl (C=O) groups is 2. The molecule has 0 spiro atoms. The Hall–Kier alpha value is -1.89. The van der Waals surface area contributed by atoms with Crippen LogP contribution >= 0.6 is 0 Å². The topological polar surface area (TPSA) is 83.6 Å². The molecule has 0 unspecified atom stereocenters. The number of nitrogens with zero attached hydrogens (tertiary/aromatic N) is 1. The summed E-state index contributed by atoms with van der Waals surface area (Å²) < 4.78 is 22.8. The Balaban J connectivity index is 2.01. The van der Waals surface area contributed by atoms with Crippen LogP contribution in [0.5, 0.6) is 0 Å². The minimum Gasteiger partial charge on any atom is -0.341 e. The van der Waals surface area contributed by atoms with Crippen LogP contribution in [0.25, 0.3) is 0 Å². The van der Waals surface area contributed by atoms with Gasteiger partial charge in [-0.05, 0) is 38.0 Å². The fourth-order valence-corrected chi connectivity index (χ4v) is 3.74. The number of aryl methyl sites for hydroxylation is 1. The zero-order valence-electron chi connectivity index (χ0n) is 13.6. The standard InChI is InChI=1S/C16H22N2O4S/c1-11-5-4-6-14(12(11)2)15(19)17-13(3)16(20)18-7-9-23(21,22)10-8-18/h4-6,13H,7-10H2,1-3H3,(H,17,19)/t13-/m1/s1. The Morgan fingerprint density at radius 2 is 1.78 bits per heavy atom. The molecule has 0 saturated carbocycles. The summed E-state index contributed by atoms with van der Waals surface area (Å²) in [6.45, 7) is 5.78. The average Bonchev–Trinajstić information content (AvgIpc) is 2.49. The molecular formula is C16H22N2O4S. The second-order valence-electron chi connectivity index (χ2n) is 5.92. The number of carbonyl (C=O) groups excluding carboxylic acids is 2. The molecule has 0 bridgehead atoms. The molecule has 1 aliphatic heterocycles. The lowest BCUT2D eigenvalue weighted by Crippen LogP contribution is -2.51. The van der Waals surface area contributed by atoms with Crippen molar-refractivity contribution in [3.8, 4) is 0 Å². The van der Waals surface area contributed by atoms with Crippen molar-refractivity contribution >= 4 is 21.7 Å². The molecule has 0 radical (unpaired) electrons. The number of sulfone groups is 1. The van der Waals surface area contributed by atoms with Gasteiger partial charge in [-0.2, -0.15) is 0 Å². The van der Waals surface area contributed by atoms with Crippen LogP contribution in [0.3, 0.4) is 0 Å². The quantitative estimate of drug-likeness (QED) is 0.878. The number of nitrogens with one attached hydrogen (secondary N) is 1. The van der Waals surface area contributed by atoms with Crippen molar-refractivity contribution in [1.29, 1.82) is 0 Å². The average molecular weight is 338 g/mol. The van der Waals surface area contributed by atoms with Crippen molar-refractivity contribution in [2.75, 3.05) is 24.6 Å². The van der Waals surface area contributed by atoms with Crippen molar-refractivity contribution in [2.24, 2.45) is 0 Å². The van der Waals surface area contributed by atoms with Crippen LogP contribution in [-0.2, 0) is 14.6 Å². The minimum atomic E-state index is -3.03. The first-order valence-electron chi connectivity index (χ1n) is 7.57. The van der Waals surface area contributed by atoms with Crippen molar-refractivity contribution in [3.05, 3.63) is 34.9 Å². The molecule has 1 atom stereocenters. The zero-order chi connectivity index (χ0) is 17.2. The molecule has 7 heteroatoms. The fraction of sp³-hybridized carbons (Fsp3) is 0.500. The molecule has 2 amide bonds. The predicted octanol–water partition coefficient (Wildman–Crippen LogP) is 0.679. The van der Waals surface area contributed by atoms with Crippen LogP contribution in [0.15, 0.2) is 18.2 Å². The highest BCUT2D eigenvalue weighted by atomic mass is 32.2. The van der Waals surface area contributed by atoms with Crippen molar-refractivity contribution in [2.45, 2.75) is 26.8 Å². The summed E-state index contributed by atoms with van der Waals surface area (Å²) in [4.78, 5) is 26.2. The van der Waals surface area contributed by atoms with Crippen molar-refractivity contribution in [3.63, 3.8) is 0 Å². The van der Waals surface area contributed by atoms with E-state index in [-0.39, 0.29) is 36.4 Å². The lowest BCUT2D eigenvalue weighted by Gasteiger charge is -2.29. The van der Waals surface area contributed by atoms with E-state index in [1.807, 2.05) is 19.9 Å². The van der Waals surface area contributed by atoms with E-state index in [0.29, 0.717) is 5.56 Å². The number of hydrogen-bond donors (Lipinski definition) is 1. The van der Waals surface area contributed by atoms with E-state index < -0.39 is 15.9 Å². The van der Waals surface area contributed by atoms with E-state index in [1.165, 1.54) is 4.90 Å². The third kappa shape index (κ3) is 4.10. The van der Waals surface area contributed by atoms with Crippen LogP contribution in [-0.4, -0.2) is 55.8 Å². The lowest BCUT2D eigenvalue weighted by molar-refractivity contribution is -0.132. The number of amides is 2. The highest BCUT2D eigenvalue weighted by molar-refractivity contribution is 7.91. The van der Waals surface area contributed by atoms with Crippen LogP contribution in [0.2, 0.25) is 0 Å². The van der Waals surface area contributed by atoms with E-state index in [9.17, 15) is 18.0 Å². The Morgan fingerprint density at radius 3 is 2.39 bits per heavy atom. The van der Waals surface area contributed by atoms with E-state index in [2.05, 4.69) is 5.32 Å². The van der Waals surface area contributed by atoms with Gasteiger partial charge < -0.3 is 10.2 Å². The lowest BCUT2D eigenvalue weighted by atomic mass is 10.0. The minimum absolute atomic E-state index is 0.0175. The summed E-state index contributed by atoms with van der Waals surface area (Å²) in [5, 5.41) is 2.70. The Bertz CT molecular complexity index is 714. The van der Waals surface area contributed by atoms with Crippen LogP contribution in [0.4, 0.5) is 0 Å². The SMILES string of the molecule is Cc1cccc(C(=O)N[C@H](C)C(=O)N2CCS(=O)(=O)CC2)c1C. The summed E-state index contributed by atoms with van der Waals surface area (Å²) >= 11 is 0. The normalized spacial score (nSPS) is 18.3. The smallest absolute Gasteiger partial charge is 0.252 e. The first-order chi connectivity index (χ1) is 10.7. The van der Waals surface area contributed by atoms with E-state index in [0.717, 1.165) is 11.1 Å². The van der Waals surface area contributed by atoms with Crippen molar-refractivity contribution in [1.82, 2.24) is 10.2 Å². The van der Waals surface area contributed by atoms with Gasteiger partial charge in [-0.15, -0.1) is 0 Å². The molecule has 1 fully saturated rings. The Kier molecular flexibility index (Phi) is 5.09. The second-order valence-corrected chi connectivity index (χ2v) is 8.22. The van der Waals surface area contributed by atoms with Gasteiger partial charge in [0.15, 0.2) is 9.84 Å². The third-order valence-corrected chi connectivity index (χ3v) is 5.83. The molecular weight excluding hydrogens is 316 g/mol. The monoisotopic (exact) mass is 338 g/mol. The van der Waals surface area contributed by atoms with Gasteiger partial charge in [0.25, 0.3) is 5.91 Å². The maximum atomic E-state index is 12.3. The Labute approximate surface area is 136 Å². The fourth-order valence-electron chi connectivity index (χ4n) is 2.54. The molecule has 1 aliphatic rings. The van der Waals surface area contributed by atoms with Gasteiger partial charge in [-0.3, -0.25) is 9.59 Å². The number of rotatable bonds is 3. The summed E-state index contributed by atoms with van der Waals surface area (Å²) in [6, 6.07) is 4.76. The Morgan fingerprint density at radius 1 is 1.17 bits per heavy atom. The van der Waals surface area contributed by atoms with Gasteiger partial charge in [0.05, 0.1) is 11.5 Å². The summed E-state index contributed by atoms with van der Waals surface area (Å²) in [7, 11) is -3.03. The van der Waals surface area contributed by atoms with Gasteiger partial charge in [0.1, 0.15) is 6.04 Å². The highest BCUT2D eigenvalue weighted by Gasteiger charge is 2.28. The first kappa shape index (κ1) is 17.5. The van der Waals surface area contributed by atoms with Crippen LogP contribution < -0.4 is 5.32 Å². The zero-order valence-corrected chi connectivity index (χ0v) is 14.4. The molecule has 23 heavy (non-hydrogen) atoms. The molecule has 1 heterocycles. The molecule has 1 N–H and O–H groups in total. The predicted molar refractivity (Wildman–Crippen MR) is 88.1 cm³/mol. The summed E-state index contributed by atoms with van der Waals surface area (Å²) in [5.74, 6) is -0.581. The summed E-state index contributed by atoms with van der Waals surface area (Å²) in [5.41, 5.74) is 2.44. The summed E-state index contributed by atoms with van der Waals surface area (Å²) in [6.07, 6.45) is 0. The molecule has 1 aromatic rings. The molecule has 0 aromatic heterocycles. The molecule has 1 saturated heterocycles. The van der Waals surface area contributed by atoms with Gasteiger partial charge in [-0.25, -0.2) is 8.42 Å². The highest BCUT2D eigenvalue weighted by Crippen LogP contribution is 2.13. The van der Waals surface area contributed by atoms with Gasteiger partial charge in [0, 0.05) is 18.7 Å². The molecule has 1 aromatic carbocycles. The molecule has 126 valence electrons. The van der Waals surface area contributed by atoms with Gasteiger partial charge >= 0.3 is 0 Å². The van der Waals surface area contributed by atoms with Gasteiger partial charge in [-0.1, -0.05) is 12.1 Å². The molecule has 0 aliphatic carbocycles. The largest absolute Gasteiger partial charge is 0.341 e. The molecule has 6 nitrogen and oxygen atoms in total. The van der Waals surface area contributed by atoms with E-state index in [4.69, 9.17) is 0 Å². The van der Waals surface area contributed by atoms with Crippen LogP contribution in [0.1, 0.15) is 28.4 Å². The first-order valence-corrected chi connectivity index (χ1v) is 9.40. The third-order valence-electron chi connectivity index (χ3n) is 4.22. The van der Waals surface area contributed by atoms with E-state index >= 15 is 0 Å². The van der Waals surface area contributed by atoms with Crippen LogP contribution in [0, 0.1) is 13.8 Å². The van der Waals surface area contributed by atoms with E-state index in [1.54, 1.807) is 19.1 Å². The van der Waals surface area contributed by atoms with Gasteiger partial charge in [0.2, 0.25) is 5.91 Å². The maximum Gasteiger partial charge on any atom is 0.252 e. The number of hydrogen-bond acceptors (Lipinski definition) is 4. The molecule has 2 rings (SSSR count). The maximum absolute atomic E-state index is 12.3.